The lowest BCUT2D eigenvalue weighted by atomic mass is 10.0. The summed E-state index contributed by atoms with van der Waals surface area (Å²) in [6, 6.07) is -0.702. The highest BCUT2D eigenvalue weighted by molar-refractivity contribution is 5.77. The Bertz CT molecular complexity index is 869. The minimum atomic E-state index is -0.788. The highest BCUT2D eigenvalue weighted by Crippen LogP contribution is 2.17. The van der Waals surface area contributed by atoms with E-state index in [2.05, 4.69) is 62.5 Å². The second-order valence-electron chi connectivity index (χ2n) is 15.1. The van der Waals surface area contributed by atoms with Crippen molar-refractivity contribution in [1.29, 1.82) is 0 Å². The first-order valence-electron chi connectivity index (χ1n) is 22.2. The molecule has 0 saturated carbocycles. The minimum absolute atomic E-state index is 0.0644. The molecule has 3 N–H and O–H groups in total. The van der Waals surface area contributed by atoms with Crippen molar-refractivity contribution in [3.8, 4) is 0 Å². The van der Waals surface area contributed by atoms with Gasteiger partial charge in [0.25, 0.3) is 0 Å². The molecule has 3 atom stereocenters. The Morgan fingerprint density at radius 2 is 1.04 bits per heavy atom. The van der Waals surface area contributed by atoms with Crippen LogP contribution in [-0.2, 0) is 14.3 Å². The molecular formula is C46H85NO5. The lowest BCUT2D eigenvalue weighted by Crippen LogP contribution is -2.46. The third-order valence-corrected chi connectivity index (χ3v) is 9.95. The van der Waals surface area contributed by atoms with Crippen LogP contribution >= 0.6 is 0 Å². The number of hydrogen-bond donors (Lipinski definition) is 3. The fourth-order valence-corrected chi connectivity index (χ4v) is 6.58. The van der Waals surface area contributed by atoms with Crippen molar-refractivity contribution < 1.29 is 24.5 Å². The Kier molecular flexibility index (Phi) is 38.8. The fourth-order valence-electron chi connectivity index (χ4n) is 6.58. The summed E-state index contributed by atoms with van der Waals surface area (Å²) in [6.07, 6.45) is 44.9. The molecule has 52 heavy (non-hydrogen) atoms. The quantitative estimate of drug-likeness (QED) is 0.0332. The predicted molar refractivity (Wildman–Crippen MR) is 222 cm³/mol. The summed E-state index contributed by atoms with van der Waals surface area (Å²) in [6.45, 7) is 6.31. The first-order chi connectivity index (χ1) is 25.5. The predicted octanol–water partition coefficient (Wildman–Crippen LogP) is 12.6. The Hall–Kier alpha value is -1.92. The van der Waals surface area contributed by atoms with Crippen molar-refractivity contribution in [1.82, 2.24) is 5.32 Å². The smallest absolute Gasteiger partial charge is 0.306 e. The van der Waals surface area contributed by atoms with Gasteiger partial charge in [-0.05, 0) is 77.0 Å². The highest BCUT2D eigenvalue weighted by atomic mass is 16.5. The van der Waals surface area contributed by atoms with Crippen molar-refractivity contribution in [2.45, 2.75) is 238 Å². The SMILES string of the molecule is CC/C=C/C/C=C/CCCCCCCCCC(=O)OC(CCCCC/C=C\CCCCC)CC(=O)NC(CO)C(O)CCCCCCCCCCC. The summed E-state index contributed by atoms with van der Waals surface area (Å²) >= 11 is 0. The van der Waals surface area contributed by atoms with Crippen LogP contribution in [0.2, 0.25) is 0 Å². The molecule has 0 aliphatic heterocycles. The zero-order valence-electron chi connectivity index (χ0n) is 34.4. The molecule has 0 aliphatic rings. The standard InChI is InChI=1S/C46H85NO5/c1-4-7-10-13-16-19-21-22-23-24-27-30-33-36-39-46(51)52-42(37-34-31-28-26-20-17-14-11-8-5-2)40-45(50)47-43(41-48)44(49)38-35-32-29-25-18-15-12-9-6-3/h7,10,16-17,19-20,42-44,48-49H,4-6,8-9,11-15,18,21-41H2,1-3H3,(H,47,50)/b10-7+,19-16+,20-17-. The molecule has 0 aromatic rings. The van der Waals surface area contributed by atoms with E-state index in [1.807, 2.05) is 0 Å². The topological polar surface area (TPSA) is 95.9 Å². The summed E-state index contributed by atoms with van der Waals surface area (Å²) in [4.78, 5) is 25.9. The van der Waals surface area contributed by atoms with Gasteiger partial charge in [-0.1, -0.05) is 166 Å². The molecule has 0 aromatic heterocycles. The van der Waals surface area contributed by atoms with E-state index in [1.165, 1.54) is 83.5 Å². The molecule has 6 nitrogen and oxygen atoms in total. The second kappa shape index (κ2) is 40.3. The molecule has 0 fully saturated rings. The largest absolute Gasteiger partial charge is 0.462 e. The van der Waals surface area contributed by atoms with Crippen LogP contribution in [0.4, 0.5) is 0 Å². The maximum Gasteiger partial charge on any atom is 0.306 e. The van der Waals surface area contributed by atoms with Gasteiger partial charge < -0.3 is 20.3 Å². The highest BCUT2D eigenvalue weighted by Gasteiger charge is 2.24. The molecule has 0 rings (SSSR count). The molecule has 304 valence electrons. The van der Waals surface area contributed by atoms with Gasteiger partial charge in [-0.3, -0.25) is 9.59 Å². The Morgan fingerprint density at radius 3 is 1.63 bits per heavy atom. The molecule has 6 heteroatoms. The Morgan fingerprint density at radius 1 is 0.577 bits per heavy atom. The maximum absolute atomic E-state index is 13.1. The molecule has 0 aromatic carbocycles. The number of esters is 1. The van der Waals surface area contributed by atoms with Crippen molar-refractivity contribution in [3.05, 3.63) is 36.5 Å². The van der Waals surface area contributed by atoms with Crippen LogP contribution in [0, 0.1) is 0 Å². The molecule has 0 bridgehead atoms. The van der Waals surface area contributed by atoms with Crippen LogP contribution in [0.1, 0.15) is 220 Å². The number of carbonyl (C=O) groups is 2. The van der Waals surface area contributed by atoms with Crippen molar-refractivity contribution in [2.24, 2.45) is 0 Å². The van der Waals surface area contributed by atoms with Gasteiger partial charge in [-0.2, -0.15) is 0 Å². The van der Waals surface area contributed by atoms with E-state index in [0.29, 0.717) is 19.3 Å². The number of carbonyl (C=O) groups excluding carboxylic acids is 2. The van der Waals surface area contributed by atoms with Gasteiger partial charge in [0.2, 0.25) is 5.91 Å². The van der Waals surface area contributed by atoms with Gasteiger partial charge in [0.15, 0.2) is 0 Å². The van der Waals surface area contributed by atoms with Crippen molar-refractivity contribution >= 4 is 11.9 Å². The number of aliphatic hydroxyl groups excluding tert-OH is 2. The lowest BCUT2D eigenvalue weighted by Gasteiger charge is -2.24. The normalized spacial score (nSPS) is 13.7. The van der Waals surface area contributed by atoms with Crippen molar-refractivity contribution in [2.75, 3.05) is 6.61 Å². The summed E-state index contributed by atoms with van der Waals surface area (Å²) in [7, 11) is 0. The number of hydrogen-bond acceptors (Lipinski definition) is 5. The first-order valence-corrected chi connectivity index (χ1v) is 22.2. The fraction of sp³-hybridized carbons (Fsp3) is 0.826. The molecule has 0 heterocycles. The van der Waals surface area contributed by atoms with Gasteiger partial charge in [-0.25, -0.2) is 0 Å². The molecular weight excluding hydrogens is 647 g/mol. The first kappa shape index (κ1) is 50.1. The monoisotopic (exact) mass is 732 g/mol. The van der Waals surface area contributed by atoms with Gasteiger partial charge in [-0.15, -0.1) is 0 Å². The number of amides is 1. The number of aliphatic hydroxyl groups is 2. The number of ether oxygens (including phenoxy) is 1. The summed E-state index contributed by atoms with van der Waals surface area (Å²) in [5.74, 6) is -0.501. The maximum atomic E-state index is 13.1. The van der Waals surface area contributed by atoms with E-state index in [4.69, 9.17) is 4.74 Å². The molecule has 1 amide bonds. The van der Waals surface area contributed by atoms with Crippen LogP contribution in [0.3, 0.4) is 0 Å². The average molecular weight is 732 g/mol. The molecule has 0 aliphatic carbocycles. The number of nitrogens with one attached hydrogen (secondary N) is 1. The van der Waals surface area contributed by atoms with Crippen LogP contribution in [0.25, 0.3) is 0 Å². The van der Waals surface area contributed by atoms with Gasteiger partial charge in [0.05, 0.1) is 25.2 Å². The zero-order chi connectivity index (χ0) is 38.2. The van der Waals surface area contributed by atoms with Crippen LogP contribution < -0.4 is 5.32 Å². The van der Waals surface area contributed by atoms with E-state index >= 15 is 0 Å². The van der Waals surface area contributed by atoms with Gasteiger partial charge in [0, 0.05) is 6.42 Å². The minimum Gasteiger partial charge on any atom is -0.462 e. The van der Waals surface area contributed by atoms with Crippen LogP contribution in [0.5, 0.6) is 0 Å². The third kappa shape index (κ3) is 35.1. The van der Waals surface area contributed by atoms with E-state index < -0.39 is 18.2 Å². The summed E-state index contributed by atoms with van der Waals surface area (Å²) in [5, 5.41) is 23.5. The summed E-state index contributed by atoms with van der Waals surface area (Å²) in [5.41, 5.74) is 0. The van der Waals surface area contributed by atoms with Gasteiger partial charge >= 0.3 is 5.97 Å². The number of rotatable bonds is 39. The van der Waals surface area contributed by atoms with Crippen LogP contribution in [0.15, 0.2) is 36.5 Å². The van der Waals surface area contributed by atoms with Crippen molar-refractivity contribution in [3.63, 3.8) is 0 Å². The number of allylic oxidation sites excluding steroid dienone is 6. The summed E-state index contributed by atoms with van der Waals surface area (Å²) < 4.78 is 5.88. The average Bonchev–Trinajstić information content (AvgIpc) is 3.13. The van der Waals surface area contributed by atoms with Crippen LogP contribution in [-0.4, -0.2) is 46.9 Å². The van der Waals surface area contributed by atoms with E-state index in [-0.39, 0.29) is 24.9 Å². The third-order valence-electron chi connectivity index (χ3n) is 9.95. The zero-order valence-corrected chi connectivity index (χ0v) is 34.4. The molecule has 3 unspecified atom stereocenters. The lowest BCUT2D eigenvalue weighted by molar-refractivity contribution is -0.151. The number of unbranched alkanes of at least 4 members (excludes halogenated alkanes) is 21. The van der Waals surface area contributed by atoms with Gasteiger partial charge in [0.1, 0.15) is 6.10 Å². The van der Waals surface area contributed by atoms with E-state index in [1.54, 1.807) is 0 Å². The molecule has 0 saturated heterocycles. The van der Waals surface area contributed by atoms with E-state index in [0.717, 1.165) is 89.9 Å². The molecule has 0 spiro atoms. The Labute approximate surface area is 322 Å². The van der Waals surface area contributed by atoms with E-state index in [9.17, 15) is 19.8 Å². The second-order valence-corrected chi connectivity index (χ2v) is 15.1. The molecule has 0 radical (unpaired) electrons. The Balaban J connectivity index is 4.58.